The van der Waals surface area contributed by atoms with Gasteiger partial charge in [0, 0.05) is 17.3 Å². The molecule has 1 heterocycles. The molecule has 2 aromatic rings. The van der Waals surface area contributed by atoms with Crippen molar-refractivity contribution in [3.8, 4) is 0 Å². The molecule has 1 aliphatic carbocycles. The number of benzene rings is 1. The summed E-state index contributed by atoms with van der Waals surface area (Å²) in [5.41, 5.74) is 10.8. The molecular formula is C13H14N2. The van der Waals surface area contributed by atoms with Crippen molar-refractivity contribution in [1.29, 1.82) is 0 Å². The zero-order chi connectivity index (χ0) is 10.3. The van der Waals surface area contributed by atoms with Gasteiger partial charge in [-0.1, -0.05) is 12.1 Å². The number of nitrogen functional groups attached to an aromatic ring is 1. The molecule has 3 rings (SSSR count). The van der Waals surface area contributed by atoms with E-state index in [1.165, 1.54) is 30.4 Å². The predicted octanol–water partition coefficient (Wildman–Crippen LogP) is 2.70. The van der Waals surface area contributed by atoms with Crippen molar-refractivity contribution in [2.24, 2.45) is 0 Å². The molecule has 0 radical (unpaired) electrons. The van der Waals surface area contributed by atoms with E-state index in [1.807, 2.05) is 12.3 Å². The standard InChI is InChI=1S/C13H14N2/c14-12-7-8-15-13-10-4-2-1-3-9(10)5-6-11(12)13/h5-8H,1-4H2,(H2,14,15). The number of anilines is 1. The van der Waals surface area contributed by atoms with Crippen molar-refractivity contribution >= 4 is 16.6 Å². The minimum Gasteiger partial charge on any atom is -0.398 e. The number of hydrogen-bond acceptors (Lipinski definition) is 2. The molecule has 0 saturated carbocycles. The normalized spacial score (nSPS) is 15.2. The van der Waals surface area contributed by atoms with Crippen LogP contribution < -0.4 is 5.73 Å². The Morgan fingerprint density at radius 1 is 1.07 bits per heavy atom. The number of rotatable bonds is 0. The molecule has 1 aromatic carbocycles. The Labute approximate surface area is 89.1 Å². The fourth-order valence-electron chi connectivity index (χ4n) is 2.47. The maximum Gasteiger partial charge on any atom is 0.0757 e. The average molecular weight is 198 g/mol. The number of pyridine rings is 1. The van der Waals surface area contributed by atoms with Gasteiger partial charge in [-0.3, -0.25) is 4.98 Å². The van der Waals surface area contributed by atoms with Gasteiger partial charge in [-0.15, -0.1) is 0 Å². The molecule has 2 N–H and O–H groups in total. The van der Waals surface area contributed by atoms with Gasteiger partial charge in [0.25, 0.3) is 0 Å². The summed E-state index contributed by atoms with van der Waals surface area (Å²) in [5, 5.41) is 1.11. The van der Waals surface area contributed by atoms with Crippen LogP contribution in [-0.2, 0) is 12.8 Å². The zero-order valence-corrected chi connectivity index (χ0v) is 8.66. The number of hydrogen-bond donors (Lipinski definition) is 1. The Kier molecular flexibility index (Phi) is 1.88. The third-order valence-electron chi connectivity index (χ3n) is 3.27. The van der Waals surface area contributed by atoms with Gasteiger partial charge in [-0.25, -0.2) is 0 Å². The van der Waals surface area contributed by atoms with Crippen LogP contribution in [0.15, 0.2) is 24.4 Å². The second-order valence-corrected chi connectivity index (χ2v) is 4.21. The van der Waals surface area contributed by atoms with Gasteiger partial charge in [-0.05, 0) is 42.9 Å². The summed E-state index contributed by atoms with van der Waals surface area (Å²) < 4.78 is 0. The van der Waals surface area contributed by atoms with Gasteiger partial charge in [0.15, 0.2) is 0 Å². The summed E-state index contributed by atoms with van der Waals surface area (Å²) >= 11 is 0. The van der Waals surface area contributed by atoms with E-state index in [-0.39, 0.29) is 0 Å². The highest BCUT2D eigenvalue weighted by molar-refractivity contribution is 5.92. The first kappa shape index (κ1) is 8.72. The van der Waals surface area contributed by atoms with Crippen molar-refractivity contribution in [2.45, 2.75) is 25.7 Å². The van der Waals surface area contributed by atoms with Gasteiger partial charge >= 0.3 is 0 Å². The Balaban J connectivity index is 2.36. The van der Waals surface area contributed by atoms with Gasteiger partial charge < -0.3 is 5.73 Å². The topological polar surface area (TPSA) is 38.9 Å². The van der Waals surface area contributed by atoms with Gasteiger partial charge in [0.1, 0.15) is 0 Å². The monoisotopic (exact) mass is 198 g/mol. The van der Waals surface area contributed by atoms with Crippen LogP contribution in [0.25, 0.3) is 10.9 Å². The first-order chi connectivity index (χ1) is 7.36. The number of aryl methyl sites for hydroxylation is 2. The maximum absolute atomic E-state index is 5.95. The second kappa shape index (κ2) is 3.23. The smallest absolute Gasteiger partial charge is 0.0757 e. The maximum atomic E-state index is 5.95. The molecule has 0 unspecified atom stereocenters. The summed E-state index contributed by atoms with van der Waals surface area (Å²) in [4.78, 5) is 4.48. The molecule has 1 aliphatic rings. The van der Waals surface area contributed by atoms with E-state index in [0.29, 0.717) is 0 Å². The predicted molar refractivity (Wildman–Crippen MR) is 62.8 cm³/mol. The summed E-state index contributed by atoms with van der Waals surface area (Å²) in [5.74, 6) is 0. The average Bonchev–Trinajstić information content (AvgIpc) is 2.29. The number of aromatic nitrogens is 1. The van der Waals surface area contributed by atoms with E-state index in [2.05, 4.69) is 17.1 Å². The molecule has 0 aliphatic heterocycles. The zero-order valence-electron chi connectivity index (χ0n) is 8.66. The lowest BCUT2D eigenvalue weighted by molar-refractivity contribution is 0.689. The van der Waals surface area contributed by atoms with E-state index < -0.39 is 0 Å². The number of nitrogens with two attached hydrogens (primary N) is 1. The highest BCUT2D eigenvalue weighted by atomic mass is 14.7. The molecule has 0 spiro atoms. The summed E-state index contributed by atoms with van der Waals surface area (Å²) in [6.45, 7) is 0. The molecule has 0 saturated heterocycles. The lowest BCUT2D eigenvalue weighted by atomic mass is 9.89. The van der Waals surface area contributed by atoms with Crippen LogP contribution in [0.2, 0.25) is 0 Å². The summed E-state index contributed by atoms with van der Waals surface area (Å²) in [6, 6.07) is 6.20. The third-order valence-corrected chi connectivity index (χ3v) is 3.27. The highest BCUT2D eigenvalue weighted by Crippen LogP contribution is 2.29. The fourth-order valence-corrected chi connectivity index (χ4v) is 2.47. The highest BCUT2D eigenvalue weighted by Gasteiger charge is 2.13. The molecule has 0 bridgehead atoms. The van der Waals surface area contributed by atoms with Crippen molar-refractivity contribution in [3.63, 3.8) is 0 Å². The molecule has 0 amide bonds. The first-order valence-corrected chi connectivity index (χ1v) is 5.51. The minimum absolute atomic E-state index is 0.841. The van der Waals surface area contributed by atoms with Gasteiger partial charge in [-0.2, -0.15) is 0 Å². The van der Waals surface area contributed by atoms with E-state index >= 15 is 0 Å². The molecule has 0 fully saturated rings. The van der Waals surface area contributed by atoms with E-state index in [9.17, 15) is 0 Å². The van der Waals surface area contributed by atoms with E-state index in [0.717, 1.165) is 23.0 Å². The minimum atomic E-state index is 0.841. The van der Waals surface area contributed by atoms with E-state index in [1.54, 1.807) is 0 Å². The molecule has 0 atom stereocenters. The first-order valence-electron chi connectivity index (χ1n) is 5.51. The van der Waals surface area contributed by atoms with Crippen LogP contribution in [0.5, 0.6) is 0 Å². The molecule has 76 valence electrons. The van der Waals surface area contributed by atoms with Gasteiger partial charge in [0.2, 0.25) is 0 Å². The second-order valence-electron chi connectivity index (χ2n) is 4.21. The quantitative estimate of drug-likeness (QED) is 0.706. The summed E-state index contributed by atoms with van der Waals surface area (Å²) in [7, 11) is 0. The Morgan fingerprint density at radius 3 is 2.87 bits per heavy atom. The lowest BCUT2D eigenvalue weighted by Crippen LogP contribution is -2.04. The van der Waals surface area contributed by atoms with E-state index in [4.69, 9.17) is 5.73 Å². The van der Waals surface area contributed by atoms with Crippen molar-refractivity contribution in [3.05, 3.63) is 35.5 Å². The SMILES string of the molecule is Nc1ccnc2c3c(ccc12)CCCC3. The largest absolute Gasteiger partial charge is 0.398 e. The lowest BCUT2D eigenvalue weighted by Gasteiger charge is -2.17. The van der Waals surface area contributed by atoms with Crippen molar-refractivity contribution < 1.29 is 0 Å². The fraction of sp³-hybridized carbons (Fsp3) is 0.308. The van der Waals surface area contributed by atoms with Crippen molar-refractivity contribution in [2.75, 3.05) is 5.73 Å². The molecule has 2 heteroatoms. The Morgan fingerprint density at radius 2 is 1.93 bits per heavy atom. The van der Waals surface area contributed by atoms with Crippen LogP contribution in [0.3, 0.4) is 0 Å². The van der Waals surface area contributed by atoms with Crippen LogP contribution in [0.4, 0.5) is 5.69 Å². The van der Waals surface area contributed by atoms with Crippen LogP contribution in [-0.4, -0.2) is 4.98 Å². The number of nitrogens with zero attached hydrogens (tertiary/aromatic N) is 1. The molecule has 15 heavy (non-hydrogen) atoms. The van der Waals surface area contributed by atoms with Crippen molar-refractivity contribution in [1.82, 2.24) is 4.98 Å². The van der Waals surface area contributed by atoms with Crippen LogP contribution in [0, 0.1) is 0 Å². The molecule has 1 aromatic heterocycles. The molecule has 2 nitrogen and oxygen atoms in total. The number of fused-ring (bicyclic) bond motifs is 3. The van der Waals surface area contributed by atoms with Gasteiger partial charge in [0.05, 0.1) is 5.52 Å². The third kappa shape index (κ3) is 1.29. The summed E-state index contributed by atoms with van der Waals surface area (Å²) in [6.07, 6.45) is 6.75. The van der Waals surface area contributed by atoms with Crippen LogP contribution >= 0.6 is 0 Å². The van der Waals surface area contributed by atoms with Crippen LogP contribution in [0.1, 0.15) is 24.0 Å². The Hall–Kier alpha value is -1.57. The molecular weight excluding hydrogens is 184 g/mol. The Bertz CT molecular complexity index is 517.